The minimum absolute atomic E-state index is 0.0946. The van der Waals surface area contributed by atoms with Crippen LogP contribution in [0.25, 0.3) is 0 Å². The molecule has 1 aromatic rings. The highest BCUT2D eigenvalue weighted by atomic mass is 16.6. The van der Waals surface area contributed by atoms with Crippen LogP contribution in [0, 0.1) is 20.2 Å². The van der Waals surface area contributed by atoms with Crippen molar-refractivity contribution in [3.63, 3.8) is 0 Å². The number of carbonyl (C=O) groups is 1. The molecule has 0 bridgehead atoms. The van der Waals surface area contributed by atoms with E-state index in [1.807, 2.05) is 0 Å². The molecule has 0 aliphatic carbocycles. The Balaban J connectivity index is 2.00. The van der Waals surface area contributed by atoms with Crippen LogP contribution in [0.5, 0.6) is 0 Å². The number of hydrogen-bond acceptors (Lipinski definition) is 6. The average Bonchev–Trinajstić information content (AvgIpc) is 2.55. The Morgan fingerprint density at radius 1 is 1.13 bits per heavy atom. The summed E-state index contributed by atoms with van der Waals surface area (Å²) in [5.41, 5.74) is -1.06. The number of non-ortho nitro benzene ring substituents is 2. The van der Waals surface area contributed by atoms with E-state index >= 15 is 0 Å². The standard InChI is InChI=1S/C13H16N4O6/c18-13(14-1-2-15-3-5-23-6-4-15)10-7-11(16(19)20)9-12(8-10)17(21)22/h7-9H,1-6H2,(H,14,18)/p+1. The summed E-state index contributed by atoms with van der Waals surface area (Å²) in [6.07, 6.45) is 0. The van der Waals surface area contributed by atoms with Crippen LogP contribution < -0.4 is 10.2 Å². The van der Waals surface area contributed by atoms with Crippen molar-refractivity contribution in [2.75, 3.05) is 39.4 Å². The van der Waals surface area contributed by atoms with Crippen molar-refractivity contribution in [1.29, 1.82) is 0 Å². The maximum absolute atomic E-state index is 12.0. The number of nitrogens with one attached hydrogen (secondary N) is 2. The van der Waals surface area contributed by atoms with Gasteiger partial charge in [-0.05, 0) is 0 Å². The SMILES string of the molecule is O=C(NCC[NH+]1CCOCC1)c1cc([N+](=O)[O-])cc([N+](=O)[O-])c1. The maximum Gasteiger partial charge on any atom is 0.277 e. The average molecular weight is 325 g/mol. The minimum atomic E-state index is -0.762. The van der Waals surface area contributed by atoms with E-state index in [-0.39, 0.29) is 5.56 Å². The van der Waals surface area contributed by atoms with Gasteiger partial charge in [-0.25, -0.2) is 0 Å². The van der Waals surface area contributed by atoms with Gasteiger partial charge in [0.05, 0.1) is 47.8 Å². The van der Waals surface area contributed by atoms with E-state index in [9.17, 15) is 25.0 Å². The van der Waals surface area contributed by atoms with Gasteiger partial charge in [0.15, 0.2) is 0 Å². The monoisotopic (exact) mass is 325 g/mol. The summed E-state index contributed by atoms with van der Waals surface area (Å²) in [6.45, 7) is 4.16. The fraction of sp³-hybridized carbons (Fsp3) is 0.462. The number of nitrogens with zero attached hydrogens (tertiary/aromatic N) is 2. The van der Waals surface area contributed by atoms with Gasteiger partial charge in [-0.2, -0.15) is 0 Å². The Morgan fingerprint density at radius 2 is 1.70 bits per heavy atom. The molecule has 0 atom stereocenters. The molecule has 1 amide bonds. The first-order valence-corrected chi connectivity index (χ1v) is 7.11. The highest BCUT2D eigenvalue weighted by molar-refractivity contribution is 5.95. The van der Waals surface area contributed by atoms with Gasteiger partial charge in [-0.3, -0.25) is 25.0 Å². The van der Waals surface area contributed by atoms with Gasteiger partial charge in [0.25, 0.3) is 17.3 Å². The smallest absolute Gasteiger partial charge is 0.277 e. The molecule has 1 aromatic carbocycles. The van der Waals surface area contributed by atoms with Gasteiger partial charge in [0, 0.05) is 12.1 Å². The highest BCUT2D eigenvalue weighted by Gasteiger charge is 2.20. The summed E-state index contributed by atoms with van der Waals surface area (Å²) in [7, 11) is 0. The number of nitro groups is 2. The Hall–Kier alpha value is -2.59. The highest BCUT2D eigenvalue weighted by Crippen LogP contribution is 2.22. The molecule has 0 unspecified atom stereocenters. The molecule has 124 valence electrons. The Morgan fingerprint density at radius 3 is 2.22 bits per heavy atom. The number of benzene rings is 1. The van der Waals surface area contributed by atoms with E-state index in [0.29, 0.717) is 26.3 Å². The number of amides is 1. The summed E-state index contributed by atoms with van der Waals surface area (Å²) in [6, 6.07) is 2.89. The van der Waals surface area contributed by atoms with Crippen molar-refractivity contribution in [2.24, 2.45) is 0 Å². The molecule has 10 nitrogen and oxygen atoms in total. The van der Waals surface area contributed by atoms with Crippen LogP contribution in [0.2, 0.25) is 0 Å². The zero-order valence-electron chi connectivity index (χ0n) is 12.3. The summed E-state index contributed by atoms with van der Waals surface area (Å²) in [5.74, 6) is -0.565. The van der Waals surface area contributed by atoms with Crippen LogP contribution in [-0.2, 0) is 4.74 Å². The van der Waals surface area contributed by atoms with E-state index in [0.717, 1.165) is 31.3 Å². The first kappa shape index (κ1) is 16.8. The molecule has 1 aliphatic heterocycles. The molecule has 23 heavy (non-hydrogen) atoms. The minimum Gasteiger partial charge on any atom is -0.370 e. The fourth-order valence-corrected chi connectivity index (χ4v) is 2.30. The normalized spacial score (nSPS) is 15.1. The summed E-state index contributed by atoms with van der Waals surface area (Å²) in [4.78, 5) is 33.4. The number of nitro benzene ring substituents is 2. The van der Waals surface area contributed by atoms with E-state index < -0.39 is 27.1 Å². The maximum atomic E-state index is 12.0. The lowest BCUT2D eigenvalue weighted by Crippen LogP contribution is -3.14. The first-order valence-electron chi connectivity index (χ1n) is 7.11. The van der Waals surface area contributed by atoms with Crippen LogP contribution in [-0.4, -0.2) is 55.1 Å². The van der Waals surface area contributed by atoms with Crippen LogP contribution in [0.3, 0.4) is 0 Å². The third-order valence-electron chi connectivity index (χ3n) is 3.55. The van der Waals surface area contributed by atoms with Crippen molar-refractivity contribution in [1.82, 2.24) is 5.32 Å². The fourth-order valence-electron chi connectivity index (χ4n) is 2.30. The van der Waals surface area contributed by atoms with Gasteiger partial charge < -0.3 is 15.0 Å². The van der Waals surface area contributed by atoms with E-state index in [2.05, 4.69) is 5.32 Å². The van der Waals surface area contributed by atoms with E-state index in [1.165, 1.54) is 4.90 Å². The van der Waals surface area contributed by atoms with E-state index in [4.69, 9.17) is 4.74 Å². The molecule has 10 heteroatoms. The molecule has 1 saturated heterocycles. The van der Waals surface area contributed by atoms with Gasteiger partial charge in [-0.1, -0.05) is 0 Å². The largest absolute Gasteiger partial charge is 0.370 e. The topological polar surface area (TPSA) is 129 Å². The third-order valence-corrected chi connectivity index (χ3v) is 3.55. The van der Waals surface area contributed by atoms with Crippen LogP contribution in [0.4, 0.5) is 11.4 Å². The third kappa shape index (κ3) is 4.69. The van der Waals surface area contributed by atoms with Crippen LogP contribution in [0.15, 0.2) is 18.2 Å². The predicted molar refractivity (Wildman–Crippen MR) is 78.5 cm³/mol. The lowest BCUT2D eigenvalue weighted by Gasteiger charge is -2.23. The molecule has 0 aromatic heterocycles. The number of morpholine rings is 1. The summed E-state index contributed by atoms with van der Waals surface area (Å²) < 4.78 is 5.23. The molecule has 1 fully saturated rings. The van der Waals surface area contributed by atoms with Gasteiger partial charge in [0.1, 0.15) is 13.1 Å². The molecule has 1 heterocycles. The molecule has 2 N–H and O–H groups in total. The van der Waals surface area contributed by atoms with Gasteiger partial charge in [-0.15, -0.1) is 0 Å². The summed E-state index contributed by atoms with van der Waals surface area (Å²) >= 11 is 0. The second-order valence-corrected chi connectivity index (χ2v) is 5.12. The molecule has 0 saturated carbocycles. The molecular weight excluding hydrogens is 308 g/mol. The van der Waals surface area contributed by atoms with Crippen molar-refractivity contribution < 1.29 is 24.3 Å². The second-order valence-electron chi connectivity index (χ2n) is 5.12. The Bertz CT molecular complexity index is 582. The molecule has 2 rings (SSSR count). The van der Waals surface area contributed by atoms with Crippen molar-refractivity contribution >= 4 is 17.3 Å². The molecule has 1 aliphatic rings. The first-order chi connectivity index (χ1) is 11.0. The van der Waals surface area contributed by atoms with Gasteiger partial charge >= 0.3 is 0 Å². The molecule has 0 spiro atoms. The number of hydrogen-bond donors (Lipinski definition) is 2. The number of quaternary nitrogens is 1. The zero-order chi connectivity index (χ0) is 16.8. The number of ether oxygens (including phenoxy) is 1. The lowest BCUT2D eigenvalue weighted by atomic mass is 10.1. The van der Waals surface area contributed by atoms with Crippen molar-refractivity contribution in [2.45, 2.75) is 0 Å². The number of rotatable bonds is 6. The van der Waals surface area contributed by atoms with E-state index in [1.54, 1.807) is 0 Å². The van der Waals surface area contributed by atoms with Crippen molar-refractivity contribution in [3.8, 4) is 0 Å². The Kier molecular flexibility index (Phi) is 5.55. The predicted octanol–water partition coefficient (Wildman–Crippen LogP) is -0.852. The van der Waals surface area contributed by atoms with Crippen LogP contribution in [0.1, 0.15) is 10.4 Å². The Labute approximate surface area is 131 Å². The quantitative estimate of drug-likeness (QED) is 0.517. The van der Waals surface area contributed by atoms with Gasteiger partial charge in [0.2, 0.25) is 0 Å². The molecular formula is C13H17N4O6+. The second kappa shape index (κ2) is 7.61. The van der Waals surface area contributed by atoms with Crippen molar-refractivity contribution in [3.05, 3.63) is 44.0 Å². The summed E-state index contributed by atoms with van der Waals surface area (Å²) in [5, 5.41) is 24.2. The molecule has 0 radical (unpaired) electrons. The lowest BCUT2D eigenvalue weighted by molar-refractivity contribution is -0.906. The zero-order valence-corrected chi connectivity index (χ0v) is 12.3. The van der Waals surface area contributed by atoms with Crippen LogP contribution >= 0.6 is 0 Å². The number of carbonyl (C=O) groups excluding carboxylic acids is 1.